The molecule has 0 aliphatic heterocycles. The maximum Gasteiger partial charge on any atom is 0.170 e. The molecule has 4 aromatic rings. The molecule has 7 heteroatoms. The smallest absolute Gasteiger partial charge is 0.170 e. The molecule has 0 aliphatic carbocycles. The van der Waals surface area contributed by atoms with E-state index in [0.29, 0.717) is 23.0 Å². The van der Waals surface area contributed by atoms with Crippen molar-refractivity contribution in [3.63, 3.8) is 0 Å². The Labute approximate surface area is 242 Å². The second kappa shape index (κ2) is 14.2. The minimum atomic E-state index is 0.574. The first-order valence-corrected chi connectivity index (χ1v) is 13.4. The van der Waals surface area contributed by atoms with Crippen LogP contribution in [0.25, 0.3) is 0 Å². The van der Waals surface area contributed by atoms with Crippen molar-refractivity contribution in [2.24, 2.45) is 0 Å². The fraction of sp³-hybridized carbons (Fsp3) is 0.294. The van der Waals surface area contributed by atoms with Gasteiger partial charge in [0.15, 0.2) is 23.0 Å². The molecule has 4 rings (SSSR count). The highest BCUT2D eigenvalue weighted by atomic mass is 16.5. The monoisotopic (exact) mass is 558 g/mol. The van der Waals surface area contributed by atoms with E-state index < -0.39 is 0 Å². The Morgan fingerprint density at radius 3 is 1.63 bits per heavy atom. The van der Waals surface area contributed by atoms with Gasteiger partial charge in [-0.05, 0) is 90.4 Å². The highest BCUT2D eigenvalue weighted by molar-refractivity contribution is 5.54. The van der Waals surface area contributed by atoms with E-state index in [4.69, 9.17) is 33.2 Å². The third kappa shape index (κ3) is 7.57. The molecule has 0 fully saturated rings. The van der Waals surface area contributed by atoms with E-state index >= 15 is 0 Å². The zero-order valence-electron chi connectivity index (χ0n) is 24.6. The molecule has 0 unspecified atom stereocenters. The van der Waals surface area contributed by atoms with Crippen LogP contribution >= 0.6 is 0 Å². The van der Waals surface area contributed by atoms with Gasteiger partial charge < -0.3 is 33.2 Å². The zero-order chi connectivity index (χ0) is 29.2. The average Bonchev–Trinajstić information content (AvgIpc) is 3.02. The highest BCUT2D eigenvalue weighted by Gasteiger charge is 2.16. The van der Waals surface area contributed by atoms with Crippen molar-refractivity contribution in [2.75, 3.05) is 42.7 Å². The second-order valence-electron chi connectivity index (χ2n) is 9.47. The summed E-state index contributed by atoms with van der Waals surface area (Å²) < 4.78 is 39.6. The maximum atomic E-state index is 6.37. The Morgan fingerprint density at radius 1 is 0.390 bits per heavy atom. The minimum absolute atomic E-state index is 0.574. The summed E-state index contributed by atoms with van der Waals surface area (Å²) in [5, 5.41) is 0. The van der Waals surface area contributed by atoms with Crippen molar-refractivity contribution in [1.29, 1.82) is 0 Å². The lowest BCUT2D eigenvalue weighted by Crippen LogP contribution is -2.00. The van der Waals surface area contributed by atoms with Gasteiger partial charge in [0.2, 0.25) is 0 Å². The van der Waals surface area contributed by atoms with E-state index in [9.17, 15) is 0 Å². The number of aryl methyl sites for hydroxylation is 4. The summed E-state index contributed by atoms with van der Waals surface area (Å²) in [5.41, 5.74) is 4.44. The van der Waals surface area contributed by atoms with Crippen LogP contribution in [-0.2, 0) is 25.7 Å². The Morgan fingerprint density at radius 2 is 0.976 bits per heavy atom. The molecule has 0 radical (unpaired) electrons. The summed E-state index contributed by atoms with van der Waals surface area (Å²) in [7, 11) is 9.91. The van der Waals surface area contributed by atoms with Gasteiger partial charge >= 0.3 is 0 Å². The van der Waals surface area contributed by atoms with Gasteiger partial charge in [-0.1, -0.05) is 18.2 Å². The van der Waals surface area contributed by atoms with E-state index in [1.807, 2.05) is 60.7 Å². The van der Waals surface area contributed by atoms with Crippen molar-refractivity contribution >= 4 is 0 Å². The van der Waals surface area contributed by atoms with Gasteiger partial charge in [0.05, 0.1) is 42.7 Å². The lowest BCUT2D eigenvalue weighted by molar-refractivity contribution is 0.350. The Hall–Kier alpha value is -4.52. The quantitative estimate of drug-likeness (QED) is 0.164. The number of benzene rings is 4. The van der Waals surface area contributed by atoms with Crippen LogP contribution in [0.2, 0.25) is 0 Å². The Bertz CT molecular complexity index is 1430. The van der Waals surface area contributed by atoms with Crippen LogP contribution in [0.4, 0.5) is 0 Å². The van der Waals surface area contributed by atoms with Crippen molar-refractivity contribution in [3.8, 4) is 46.0 Å². The van der Waals surface area contributed by atoms with Gasteiger partial charge in [-0.3, -0.25) is 0 Å². The number of ether oxygens (including phenoxy) is 7. The number of rotatable bonds is 14. The molecule has 216 valence electrons. The van der Waals surface area contributed by atoms with Crippen molar-refractivity contribution in [3.05, 3.63) is 95.1 Å². The van der Waals surface area contributed by atoms with Crippen LogP contribution < -0.4 is 33.2 Å². The summed E-state index contributed by atoms with van der Waals surface area (Å²) in [6.07, 6.45) is 3.20. The van der Waals surface area contributed by atoms with Gasteiger partial charge in [0.1, 0.15) is 23.0 Å². The summed E-state index contributed by atoms with van der Waals surface area (Å²) in [5.74, 6) is 5.53. The molecule has 4 aromatic carbocycles. The van der Waals surface area contributed by atoms with Crippen molar-refractivity contribution < 1.29 is 33.2 Å². The summed E-state index contributed by atoms with van der Waals surface area (Å²) in [4.78, 5) is 0. The van der Waals surface area contributed by atoms with Crippen LogP contribution in [0, 0.1) is 0 Å². The van der Waals surface area contributed by atoms with E-state index in [0.717, 1.165) is 65.4 Å². The molecule has 0 spiro atoms. The van der Waals surface area contributed by atoms with Crippen LogP contribution in [0.5, 0.6) is 46.0 Å². The molecule has 0 saturated heterocycles. The SMILES string of the molecule is COc1cccc(CCc2cc(Oc3ccc(CCc4cc(OC)cc(OC)c4)cc3OC)c(OC)cc2OC)c1. The number of hydrogen-bond acceptors (Lipinski definition) is 7. The lowest BCUT2D eigenvalue weighted by atomic mass is 10.0. The molecule has 0 aliphatic rings. The van der Waals surface area contributed by atoms with Gasteiger partial charge in [-0.25, -0.2) is 0 Å². The first-order valence-electron chi connectivity index (χ1n) is 13.4. The maximum absolute atomic E-state index is 6.37. The molecule has 7 nitrogen and oxygen atoms in total. The van der Waals surface area contributed by atoms with Crippen LogP contribution in [0.3, 0.4) is 0 Å². The third-order valence-electron chi connectivity index (χ3n) is 6.95. The highest BCUT2D eigenvalue weighted by Crippen LogP contribution is 2.41. The summed E-state index contributed by atoms with van der Waals surface area (Å²) in [6.45, 7) is 0. The normalized spacial score (nSPS) is 10.6. The van der Waals surface area contributed by atoms with E-state index in [1.54, 1.807) is 42.7 Å². The fourth-order valence-corrected chi connectivity index (χ4v) is 4.68. The summed E-state index contributed by atoms with van der Waals surface area (Å²) >= 11 is 0. The molecule has 0 atom stereocenters. The first-order chi connectivity index (χ1) is 20.0. The van der Waals surface area contributed by atoms with Crippen molar-refractivity contribution in [2.45, 2.75) is 25.7 Å². The molecule has 0 amide bonds. The Kier molecular flexibility index (Phi) is 10.2. The van der Waals surface area contributed by atoms with Gasteiger partial charge in [-0.2, -0.15) is 0 Å². The van der Waals surface area contributed by atoms with E-state index in [1.165, 1.54) is 5.56 Å². The van der Waals surface area contributed by atoms with Crippen LogP contribution in [-0.4, -0.2) is 42.7 Å². The molecule has 41 heavy (non-hydrogen) atoms. The van der Waals surface area contributed by atoms with Crippen LogP contribution in [0.15, 0.2) is 72.8 Å². The third-order valence-corrected chi connectivity index (χ3v) is 6.95. The molecule has 0 aromatic heterocycles. The molecule has 0 bridgehead atoms. The number of hydrogen-bond donors (Lipinski definition) is 0. The largest absolute Gasteiger partial charge is 0.497 e. The zero-order valence-corrected chi connectivity index (χ0v) is 24.6. The molecule has 0 saturated carbocycles. The molecular weight excluding hydrogens is 520 g/mol. The molecule has 0 N–H and O–H groups in total. The second-order valence-corrected chi connectivity index (χ2v) is 9.47. The van der Waals surface area contributed by atoms with E-state index in [-0.39, 0.29) is 0 Å². The standard InChI is InChI=1S/C34H38O7/c1-35-27-9-7-8-23(16-27)12-14-26-20-34(33(40-6)22-31(26)38-4)41-30-15-13-24(19-32(30)39-5)10-11-25-17-28(36-2)21-29(18-25)37-3/h7-9,13,15-22H,10-12,14H2,1-6H3. The Balaban J connectivity index is 1.53. The fourth-order valence-electron chi connectivity index (χ4n) is 4.68. The van der Waals surface area contributed by atoms with Gasteiger partial charge in [-0.15, -0.1) is 0 Å². The van der Waals surface area contributed by atoms with E-state index in [2.05, 4.69) is 12.1 Å². The minimum Gasteiger partial charge on any atom is -0.497 e. The van der Waals surface area contributed by atoms with Crippen molar-refractivity contribution in [1.82, 2.24) is 0 Å². The van der Waals surface area contributed by atoms with Crippen LogP contribution in [0.1, 0.15) is 22.3 Å². The van der Waals surface area contributed by atoms with Gasteiger partial charge in [0.25, 0.3) is 0 Å². The predicted molar refractivity (Wildman–Crippen MR) is 160 cm³/mol. The summed E-state index contributed by atoms with van der Waals surface area (Å²) in [6, 6.07) is 23.8. The lowest BCUT2D eigenvalue weighted by Gasteiger charge is -2.17. The molecule has 0 heterocycles. The van der Waals surface area contributed by atoms with Gasteiger partial charge in [0, 0.05) is 12.1 Å². The average molecular weight is 559 g/mol. The topological polar surface area (TPSA) is 64.6 Å². The number of methoxy groups -OCH3 is 6. The first kappa shape index (κ1) is 29.5. The predicted octanol–water partition coefficient (Wildman–Crippen LogP) is 7.10. The molecular formula is C34H38O7.